The van der Waals surface area contributed by atoms with E-state index in [0.717, 1.165) is 17.7 Å². The van der Waals surface area contributed by atoms with Crippen LogP contribution in [-0.2, 0) is 11.2 Å². The van der Waals surface area contributed by atoms with Crippen LogP contribution < -0.4 is 21.3 Å². The minimum absolute atomic E-state index is 0. The molecule has 0 saturated heterocycles. The van der Waals surface area contributed by atoms with Crippen LogP contribution in [0, 0.1) is 5.92 Å². The number of carbonyl (C=O) groups is 2. The summed E-state index contributed by atoms with van der Waals surface area (Å²) in [6.45, 7) is 7.21. The number of rotatable bonds is 5. The van der Waals surface area contributed by atoms with Gasteiger partial charge in [-0.05, 0) is 43.4 Å². The van der Waals surface area contributed by atoms with Gasteiger partial charge in [0.1, 0.15) is 0 Å². The van der Waals surface area contributed by atoms with E-state index < -0.39 is 6.04 Å². The number of hydrogen-bond acceptors (Lipinski definition) is 3. The first-order chi connectivity index (χ1) is 10.9. The molecule has 0 aromatic heterocycles. The maximum Gasteiger partial charge on any atom is 0.321 e. The molecule has 0 saturated carbocycles. The summed E-state index contributed by atoms with van der Waals surface area (Å²) in [5.74, 6) is 0.171. The van der Waals surface area contributed by atoms with Gasteiger partial charge < -0.3 is 16.4 Å². The summed E-state index contributed by atoms with van der Waals surface area (Å²) in [5, 5.41) is 5.65. The summed E-state index contributed by atoms with van der Waals surface area (Å²) >= 11 is 0. The van der Waals surface area contributed by atoms with Crippen molar-refractivity contribution >= 4 is 35.7 Å². The topological polar surface area (TPSA) is 87.5 Å². The molecular weight excluding hydrogens is 328 g/mol. The molecule has 1 aromatic carbocycles. The fraction of sp³-hybridized carbons (Fsp3) is 0.529. The number of fused-ring (bicyclic) bond motifs is 1. The lowest BCUT2D eigenvalue weighted by Crippen LogP contribution is -2.39. The maximum atomic E-state index is 12.1. The van der Waals surface area contributed by atoms with E-state index in [1.54, 1.807) is 4.90 Å². The van der Waals surface area contributed by atoms with Gasteiger partial charge in [-0.3, -0.25) is 9.69 Å². The zero-order valence-corrected chi connectivity index (χ0v) is 15.3. The van der Waals surface area contributed by atoms with Gasteiger partial charge >= 0.3 is 6.03 Å². The molecule has 0 unspecified atom stereocenters. The molecule has 0 radical (unpaired) electrons. The van der Waals surface area contributed by atoms with Gasteiger partial charge in [-0.2, -0.15) is 0 Å². The second-order valence-corrected chi connectivity index (χ2v) is 6.31. The first kappa shape index (κ1) is 20.3. The Hall–Kier alpha value is -1.79. The van der Waals surface area contributed by atoms with E-state index in [-0.39, 0.29) is 24.3 Å². The summed E-state index contributed by atoms with van der Waals surface area (Å²) in [6.07, 6.45) is 1.47. The predicted molar refractivity (Wildman–Crippen MR) is 99.9 cm³/mol. The third kappa shape index (κ3) is 4.85. The van der Waals surface area contributed by atoms with Crippen molar-refractivity contribution in [3.8, 4) is 0 Å². The van der Waals surface area contributed by atoms with Gasteiger partial charge in [0.2, 0.25) is 5.91 Å². The molecule has 0 bridgehead atoms. The summed E-state index contributed by atoms with van der Waals surface area (Å²) in [7, 11) is 0. The van der Waals surface area contributed by atoms with Crippen LogP contribution in [-0.4, -0.2) is 31.1 Å². The van der Waals surface area contributed by atoms with Crippen molar-refractivity contribution in [1.82, 2.24) is 5.32 Å². The van der Waals surface area contributed by atoms with Crippen molar-refractivity contribution < 1.29 is 9.59 Å². The van der Waals surface area contributed by atoms with Gasteiger partial charge in [-0.25, -0.2) is 4.79 Å². The van der Waals surface area contributed by atoms with E-state index in [1.165, 1.54) is 0 Å². The lowest BCUT2D eigenvalue weighted by Gasteiger charge is -2.19. The van der Waals surface area contributed by atoms with Crippen LogP contribution in [0.3, 0.4) is 0 Å². The highest BCUT2D eigenvalue weighted by Crippen LogP contribution is 2.31. The summed E-state index contributed by atoms with van der Waals surface area (Å²) < 4.78 is 0. The average Bonchev–Trinajstić information content (AvgIpc) is 2.90. The number of hydrogen-bond donors (Lipinski definition) is 3. The van der Waals surface area contributed by atoms with Crippen molar-refractivity contribution in [2.24, 2.45) is 11.7 Å². The minimum atomic E-state index is -0.525. The molecule has 24 heavy (non-hydrogen) atoms. The molecule has 6 nitrogen and oxygen atoms in total. The monoisotopic (exact) mass is 354 g/mol. The molecule has 7 heteroatoms. The molecule has 3 amide bonds. The van der Waals surface area contributed by atoms with E-state index in [4.69, 9.17) is 5.73 Å². The van der Waals surface area contributed by atoms with E-state index in [2.05, 4.69) is 10.6 Å². The van der Waals surface area contributed by atoms with Crippen LogP contribution in [0.1, 0.15) is 32.8 Å². The van der Waals surface area contributed by atoms with Crippen LogP contribution in [0.4, 0.5) is 16.2 Å². The molecule has 4 N–H and O–H groups in total. The van der Waals surface area contributed by atoms with Crippen LogP contribution in [0.2, 0.25) is 0 Å². The third-order valence-electron chi connectivity index (χ3n) is 3.88. The van der Waals surface area contributed by atoms with Gasteiger partial charge in [-0.15, -0.1) is 12.4 Å². The molecule has 1 aromatic rings. The Kier molecular flexibility index (Phi) is 7.51. The van der Waals surface area contributed by atoms with Crippen molar-refractivity contribution in [1.29, 1.82) is 0 Å². The Bertz CT molecular complexity index is 592. The molecule has 0 fully saturated rings. The largest absolute Gasteiger partial charge is 0.338 e. The standard InChI is InChI=1S/C17H26N4O2.ClH/c1-4-19-17(23)21-8-7-12-5-6-13(10-15(12)21)20-16(22)14(18)9-11(2)3;/h5-6,10-11,14H,4,7-9,18H2,1-3H3,(H,19,23)(H,20,22);1H/t14-;/m0./s1. The molecule has 1 atom stereocenters. The molecule has 1 heterocycles. The molecule has 0 aliphatic carbocycles. The van der Waals surface area contributed by atoms with Crippen molar-refractivity contribution in [2.45, 2.75) is 39.7 Å². The van der Waals surface area contributed by atoms with Crippen molar-refractivity contribution in [2.75, 3.05) is 23.3 Å². The van der Waals surface area contributed by atoms with E-state index >= 15 is 0 Å². The van der Waals surface area contributed by atoms with Crippen molar-refractivity contribution in [3.63, 3.8) is 0 Å². The molecular formula is C17H27ClN4O2. The quantitative estimate of drug-likeness (QED) is 0.759. The van der Waals surface area contributed by atoms with Gasteiger partial charge in [0.25, 0.3) is 0 Å². The maximum absolute atomic E-state index is 12.1. The second kappa shape index (κ2) is 8.89. The van der Waals surface area contributed by atoms with E-state index in [0.29, 0.717) is 31.1 Å². The number of nitrogens with one attached hydrogen (secondary N) is 2. The first-order valence-electron chi connectivity index (χ1n) is 8.17. The number of benzene rings is 1. The fourth-order valence-electron chi connectivity index (χ4n) is 2.76. The Labute approximate surface area is 149 Å². The Morgan fingerprint density at radius 1 is 1.33 bits per heavy atom. The summed E-state index contributed by atoms with van der Waals surface area (Å²) in [5.41, 5.74) is 8.54. The van der Waals surface area contributed by atoms with Crippen LogP contribution in [0.5, 0.6) is 0 Å². The zero-order valence-electron chi connectivity index (χ0n) is 14.5. The summed E-state index contributed by atoms with van der Waals surface area (Å²) in [4.78, 5) is 25.9. The Balaban J connectivity index is 0.00000288. The zero-order chi connectivity index (χ0) is 17.0. The normalized spacial score (nSPS) is 14.0. The highest BCUT2D eigenvalue weighted by Gasteiger charge is 2.25. The number of halogens is 1. The number of carbonyl (C=O) groups excluding carboxylic acids is 2. The predicted octanol–water partition coefficient (Wildman–Crippen LogP) is 2.51. The van der Waals surface area contributed by atoms with Gasteiger partial charge in [0.05, 0.1) is 11.7 Å². The first-order valence-corrected chi connectivity index (χ1v) is 8.17. The highest BCUT2D eigenvalue weighted by atomic mass is 35.5. The fourth-order valence-corrected chi connectivity index (χ4v) is 2.76. The second-order valence-electron chi connectivity index (χ2n) is 6.31. The smallest absolute Gasteiger partial charge is 0.321 e. The third-order valence-corrected chi connectivity index (χ3v) is 3.88. The molecule has 0 spiro atoms. The Morgan fingerprint density at radius 2 is 2.04 bits per heavy atom. The Morgan fingerprint density at radius 3 is 2.67 bits per heavy atom. The molecule has 2 rings (SSSR count). The van der Waals surface area contributed by atoms with Crippen LogP contribution >= 0.6 is 12.4 Å². The summed E-state index contributed by atoms with van der Waals surface area (Å²) in [6, 6.07) is 5.03. The van der Waals surface area contributed by atoms with Gasteiger partial charge in [0.15, 0.2) is 0 Å². The minimum Gasteiger partial charge on any atom is -0.338 e. The number of anilines is 2. The highest BCUT2D eigenvalue weighted by molar-refractivity contribution is 5.98. The van der Waals surface area contributed by atoms with E-state index in [1.807, 2.05) is 39.0 Å². The number of amides is 3. The van der Waals surface area contributed by atoms with Crippen LogP contribution in [0.15, 0.2) is 18.2 Å². The number of nitrogens with two attached hydrogens (primary N) is 1. The number of urea groups is 1. The SMILES string of the molecule is CCNC(=O)N1CCc2ccc(NC(=O)[C@@H](N)CC(C)C)cc21.Cl. The lowest BCUT2D eigenvalue weighted by molar-refractivity contribution is -0.117. The van der Waals surface area contributed by atoms with Crippen molar-refractivity contribution in [3.05, 3.63) is 23.8 Å². The van der Waals surface area contributed by atoms with Gasteiger partial charge in [-0.1, -0.05) is 19.9 Å². The molecule has 1 aliphatic rings. The van der Waals surface area contributed by atoms with E-state index in [9.17, 15) is 9.59 Å². The molecule has 134 valence electrons. The lowest BCUT2D eigenvalue weighted by atomic mass is 10.0. The molecule has 1 aliphatic heterocycles. The number of nitrogens with zero attached hydrogens (tertiary/aromatic N) is 1. The van der Waals surface area contributed by atoms with Crippen LogP contribution in [0.25, 0.3) is 0 Å². The van der Waals surface area contributed by atoms with Gasteiger partial charge in [0, 0.05) is 18.8 Å². The average molecular weight is 355 g/mol.